The Morgan fingerprint density at radius 1 is 0.620 bits per heavy atom. The SMILES string of the molecule is O=C1N/C=C/c2ccc(c(Br)c2)Oc2cc(cc(Br)c2O)CCNC(=O)/C(=N\O)Cc2ccc(c(Br)c2)Oc2cc(cc(Br)c2O)C/C1=N/O. The van der Waals surface area contributed by atoms with Crippen LogP contribution < -0.4 is 20.1 Å². The van der Waals surface area contributed by atoms with Gasteiger partial charge in [0, 0.05) is 25.6 Å². The van der Waals surface area contributed by atoms with Gasteiger partial charge in [0.1, 0.15) is 22.9 Å². The average molecular weight is 938 g/mol. The number of amides is 2. The molecule has 16 heteroatoms. The van der Waals surface area contributed by atoms with E-state index in [0.29, 0.717) is 48.0 Å². The molecule has 50 heavy (non-hydrogen) atoms. The Hall–Kier alpha value is -4.38. The molecule has 8 bridgehead atoms. The summed E-state index contributed by atoms with van der Waals surface area (Å²) in [7, 11) is 0. The Bertz CT molecular complexity index is 2070. The molecule has 8 rings (SSSR count). The molecule has 258 valence electrons. The van der Waals surface area contributed by atoms with Gasteiger partial charge in [-0.05, 0) is 147 Å². The molecule has 12 nitrogen and oxygen atoms in total. The summed E-state index contributed by atoms with van der Waals surface area (Å²) in [5.74, 6) is -0.629. The lowest BCUT2D eigenvalue weighted by molar-refractivity contribution is -0.115. The molecule has 4 aromatic rings. The quantitative estimate of drug-likeness (QED) is 0.0759. The molecule has 4 heterocycles. The maximum atomic E-state index is 12.9. The van der Waals surface area contributed by atoms with Gasteiger partial charge in [-0.3, -0.25) is 9.59 Å². The zero-order valence-corrected chi connectivity index (χ0v) is 31.9. The number of nitrogens with one attached hydrogen (secondary N) is 2. The predicted octanol–water partition coefficient (Wildman–Crippen LogP) is 7.94. The number of nitrogens with zero attached hydrogens (tertiary/aromatic N) is 2. The van der Waals surface area contributed by atoms with Crippen LogP contribution in [0.25, 0.3) is 6.08 Å². The van der Waals surface area contributed by atoms with Crippen molar-refractivity contribution in [3.8, 4) is 34.5 Å². The minimum absolute atomic E-state index is 0.00949. The highest BCUT2D eigenvalue weighted by molar-refractivity contribution is 9.11. The number of rotatable bonds is 0. The summed E-state index contributed by atoms with van der Waals surface area (Å²) in [6.07, 6.45) is 3.26. The summed E-state index contributed by atoms with van der Waals surface area (Å²) < 4.78 is 13.7. The summed E-state index contributed by atoms with van der Waals surface area (Å²) in [6.45, 7) is 0.190. The van der Waals surface area contributed by atoms with Crippen LogP contribution in [-0.2, 0) is 28.9 Å². The Kier molecular flexibility index (Phi) is 12.2. The molecule has 0 aliphatic carbocycles. The number of halogens is 4. The predicted molar refractivity (Wildman–Crippen MR) is 200 cm³/mol. The first-order chi connectivity index (χ1) is 23.9. The van der Waals surface area contributed by atoms with Gasteiger partial charge in [0.15, 0.2) is 23.0 Å². The third-order valence-corrected chi connectivity index (χ3v) is 9.72. The fourth-order valence-electron chi connectivity index (χ4n) is 4.76. The van der Waals surface area contributed by atoms with E-state index in [1.807, 2.05) is 0 Å². The molecule has 0 aromatic heterocycles. The number of carbonyl (C=O) groups is 2. The zero-order chi connectivity index (χ0) is 35.9. The van der Waals surface area contributed by atoms with Crippen LogP contribution in [0.2, 0.25) is 0 Å². The summed E-state index contributed by atoms with van der Waals surface area (Å²) >= 11 is 13.6. The van der Waals surface area contributed by atoms with Gasteiger partial charge in [-0.2, -0.15) is 0 Å². The molecule has 0 saturated carbocycles. The lowest BCUT2D eigenvalue weighted by Crippen LogP contribution is -2.33. The van der Waals surface area contributed by atoms with E-state index in [4.69, 9.17) is 9.47 Å². The van der Waals surface area contributed by atoms with E-state index in [9.17, 15) is 30.2 Å². The van der Waals surface area contributed by atoms with Crippen LogP contribution in [0.4, 0.5) is 0 Å². The van der Waals surface area contributed by atoms with Crippen LogP contribution in [0.5, 0.6) is 34.5 Å². The summed E-state index contributed by atoms with van der Waals surface area (Å²) in [6, 6.07) is 16.5. The molecule has 0 unspecified atom stereocenters. The van der Waals surface area contributed by atoms with Gasteiger partial charge < -0.3 is 40.7 Å². The third kappa shape index (κ3) is 9.04. The largest absolute Gasteiger partial charge is 0.503 e. The van der Waals surface area contributed by atoms with E-state index in [2.05, 4.69) is 84.7 Å². The van der Waals surface area contributed by atoms with Crippen molar-refractivity contribution in [1.29, 1.82) is 0 Å². The van der Waals surface area contributed by atoms with Crippen LogP contribution in [0.15, 0.2) is 95.1 Å². The zero-order valence-electron chi connectivity index (χ0n) is 25.6. The van der Waals surface area contributed by atoms with E-state index in [1.165, 1.54) is 12.3 Å². The molecular weight excluding hydrogens is 912 g/mol. The molecule has 0 saturated heterocycles. The normalized spacial score (nSPS) is 16.6. The maximum Gasteiger partial charge on any atom is 0.273 e. The van der Waals surface area contributed by atoms with E-state index in [0.717, 1.165) is 5.56 Å². The van der Waals surface area contributed by atoms with Crippen molar-refractivity contribution < 1.29 is 39.7 Å². The first-order valence-electron chi connectivity index (χ1n) is 14.6. The topological polar surface area (TPSA) is 182 Å². The second-order valence-electron chi connectivity index (χ2n) is 10.8. The fourth-order valence-corrected chi connectivity index (χ4v) is 6.73. The van der Waals surface area contributed by atoms with Crippen molar-refractivity contribution in [1.82, 2.24) is 10.6 Å². The van der Waals surface area contributed by atoms with Gasteiger partial charge in [0.05, 0.1) is 17.9 Å². The lowest BCUT2D eigenvalue weighted by Gasteiger charge is -2.14. The lowest BCUT2D eigenvalue weighted by atomic mass is 10.1. The van der Waals surface area contributed by atoms with Gasteiger partial charge in [-0.15, -0.1) is 0 Å². The number of phenolic OH excluding ortho intramolecular Hbond substituents is 2. The molecule has 4 aromatic carbocycles. The van der Waals surface area contributed by atoms with Crippen molar-refractivity contribution in [2.45, 2.75) is 19.3 Å². The number of oxime groups is 2. The molecular formula is C34H26Br4N4O8. The average Bonchev–Trinajstić information content (AvgIpc) is 3.08. The number of carbonyl (C=O) groups excluding carboxylic acids is 2. The van der Waals surface area contributed by atoms with Gasteiger partial charge in [0.25, 0.3) is 11.8 Å². The Labute approximate surface area is 319 Å². The highest BCUT2D eigenvalue weighted by Gasteiger charge is 2.19. The number of hydrogen-bond acceptors (Lipinski definition) is 10. The maximum absolute atomic E-state index is 12.9. The highest BCUT2D eigenvalue weighted by Crippen LogP contribution is 2.42. The van der Waals surface area contributed by atoms with Gasteiger partial charge in [-0.25, -0.2) is 0 Å². The summed E-state index contributed by atoms with van der Waals surface area (Å²) in [5, 5.41) is 52.4. The smallest absolute Gasteiger partial charge is 0.273 e. The molecule has 4 aliphatic heterocycles. The first-order valence-corrected chi connectivity index (χ1v) is 17.8. The molecule has 0 fully saturated rings. The minimum atomic E-state index is -0.665. The van der Waals surface area contributed by atoms with E-state index < -0.39 is 11.8 Å². The number of hydrogen-bond donors (Lipinski definition) is 6. The van der Waals surface area contributed by atoms with Crippen molar-refractivity contribution in [3.63, 3.8) is 0 Å². The van der Waals surface area contributed by atoms with Gasteiger partial charge in [0.2, 0.25) is 0 Å². The molecule has 0 spiro atoms. The van der Waals surface area contributed by atoms with Crippen LogP contribution >= 0.6 is 63.7 Å². The molecule has 4 aliphatic rings. The van der Waals surface area contributed by atoms with Crippen LogP contribution in [0, 0.1) is 0 Å². The number of benzene rings is 4. The standard InChI is InChI=1S/C34H26Br4N4O8/c35-21-9-17-1-3-27(21)49-29-15-19(11-23(37)31(29)43)6-8-40-33(45)25(41-47)13-18-2-4-28(22(36)10-18)50-30-16-20(12-24(38)32(30)44)14-26(42-48)34(46)39-7-5-17/h1-5,7,9-12,15-16,43-44,47-48H,6,8,13-14H2,(H,39,46)(H,40,45)/b7-5+,41-25-,42-26-. The number of phenols is 2. The van der Waals surface area contributed by atoms with Crippen LogP contribution in [-0.4, -0.2) is 50.4 Å². The van der Waals surface area contributed by atoms with Gasteiger partial charge in [-0.1, -0.05) is 22.4 Å². The Morgan fingerprint density at radius 2 is 1.16 bits per heavy atom. The van der Waals surface area contributed by atoms with Crippen LogP contribution in [0.1, 0.15) is 22.3 Å². The number of aromatic hydroxyl groups is 2. The molecule has 6 N–H and O–H groups in total. The minimum Gasteiger partial charge on any atom is -0.503 e. The molecule has 2 amide bonds. The molecule has 0 radical (unpaired) electrons. The monoisotopic (exact) mass is 934 g/mol. The second kappa shape index (κ2) is 16.6. The third-order valence-electron chi connectivity index (χ3n) is 7.27. The first kappa shape index (κ1) is 36.9. The highest BCUT2D eigenvalue weighted by atomic mass is 79.9. The number of ether oxygens (including phenoxy) is 2. The van der Waals surface area contributed by atoms with E-state index >= 15 is 0 Å². The Balaban J connectivity index is 1.48. The van der Waals surface area contributed by atoms with Crippen molar-refractivity contribution >= 4 is 93.0 Å². The van der Waals surface area contributed by atoms with Crippen molar-refractivity contribution in [2.75, 3.05) is 6.54 Å². The Morgan fingerprint density at radius 3 is 1.78 bits per heavy atom. The van der Waals surface area contributed by atoms with Crippen LogP contribution in [0.3, 0.4) is 0 Å². The van der Waals surface area contributed by atoms with Crippen molar-refractivity contribution in [2.24, 2.45) is 10.3 Å². The summed E-state index contributed by atoms with van der Waals surface area (Å²) in [4.78, 5) is 25.8. The van der Waals surface area contributed by atoms with E-state index in [-0.39, 0.29) is 58.3 Å². The second-order valence-corrected chi connectivity index (χ2v) is 14.2. The summed E-state index contributed by atoms with van der Waals surface area (Å²) in [5.41, 5.74) is 2.19. The van der Waals surface area contributed by atoms with Gasteiger partial charge >= 0.3 is 0 Å². The fraction of sp³-hybridized carbons (Fsp3) is 0.118. The molecule has 0 atom stereocenters. The van der Waals surface area contributed by atoms with Crippen molar-refractivity contribution in [3.05, 3.63) is 107 Å². The van der Waals surface area contributed by atoms with E-state index in [1.54, 1.807) is 60.7 Å².